The molecule has 0 aromatic heterocycles. The molecule has 6 heteroatoms. The fraction of sp³-hybridized carbons (Fsp3) is 0.467. The number of nitrogens with one attached hydrogen (secondary N) is 2. The maximum Gasteiger partial charge on any atom is 0.243 e. The van der Waals surface area contributed by atoms with Gasteiger partial charge in [0.05, 0.1) is 6.54 Å². The van der Waals surface area contributed by atoms with E-state index in [1.54, 1.807) is 0 Å². The monoisotopic (exact) mass is 296 g/mol. The van der Waals surface area contributed by atoms with Crippen LogP contribution in [0.15, 0.2) is 18.2 Å². The van der Waals surface area contributed by atoms with Crippen LogP contribution in [0.4, 0.5) is 14.5 Å². The molecule has 0 heterocycles. The molecule has 0 radical (unpaired) electrons. The van der Waals surface area contributed by atoms with Gasteiger partial charge in [0, 0.05) is 5.92 Å². The summed E-state index contributed by atoms with van der Waals surface area (Å²) in [7, 11) is 0. The van der Waals surface area contributed by atoms with E-state index in [4.69, 9.17) is 0 Å². The summed E-state index contributed by atoms with van der Waals surface area (Å²) in [4.78, 5) is 23.5. The van der Waals surface area contributed by atoms with Crippen LogP contribution in [-0.4, -0.2) is 18.4 Å². The minimum atomic E-state index is -0.845. The quantitative estimate of drug-likeness (QED) is 0.897. The Morgan fingerprint density at radius 3 is 2.33 bits per heavy atom. The first-order chi connectivity index (χ1) is 10.1. The Labute approximate surface area is 121 Å². The second-order valence-electron chi connectivity index (χ2n) is 5.20. The summed E-state index contributed by atoms with van der Waals surface area (Å²) in [6.07, 6.45) is 4.83. The zero-order valence-corrected chi connectivity index (χ0v) is 11.6. The van der Waals surface area contributed by atoms with Gasteiger partial charge in [-0.25, -0.2) is 8.78 Å². The first kappa shape index (κ1) is 15.4. The van der Waals surface area contributed by atoms with Crippen molar-refractivity contribution in [3.8, 4) is 0 Å². The largest absolute Gasteiger partial charge is 0.347 e. The van der Waals surface area contributed by atoms with E-state index in [0.717, 1.165) is 44.2 Å². The highest BCUT2D eigenvalue weighted by molar-refractivity contribution is 5.95. The summed E-state index contributed by atoms with van der Waals surface area (Å²) in [6, 6.07) is 3.32. The molecular formula is C15H18F2N2O2. The first-order valence-corrected chi connectivity index (χ1v) is 7.09. The topological polar surface area (TPSA) is 58.2 Å². The summed E-state index contributed by atoms with van der Waals surface area (Å²) in [5, 5.41) is 4.65. The van der Waals surface area contributed by atoms with Crippen molar-refractivity contribution in [1.82, 2.24) is 5.32 Å². The fourth-order valence-corrected chi connectivity index (χ4v) is 2.48. The highest BCUT2D eigenvalue weighted by Gasteiger charge is 2.21. The third-order valence-corrected chi connectivity index (χ3v) is 3.63. The molecule has 0 bridgehead atoms. The van der Waals surface area contributed by atoms with Gasteiger partial charge in [0.1, 0.15) is 17.3 Å². The molecule has 2 N–H and O–H groups in total. The fourth-order valence-electron chi connectivity index (χ4n) is 2.48. The number of carbonyl (C=O) groups excluding carboxylic acids is 2. The zero-order chi connectivity index (χ0) is 15.2. The first-order valence-electron chi connectivity index (χ1n) is 7.09. The number of amides is 2. The molecule has 2 amide bonds. The molecule has 1 fully saturated rings. The van der Waals surface area contributed by atoms with Crippen LogP contribution in [0.3, 0.4) is 0 Å². The lowest BCUT2D eigenvalue weighted by molar-refractivity contribution is -0.128. The molecule has 2 rings (SSSR count). The lowest BCUT2D eigenvalue weighted by atomic mass is 9.89. The van der Waals surface area contributed by atoms with Crippen LogP contribution in [0.25, 0.3) is 0 Å². The summed E-state index contributed by atoms with van der Waals surface area (Å²) in [5.74, 6) is -2.57. The van der Waals surface area contributed by atoms with Crippen LogP contribution in [0.1, 0.15) is 32.1 Å². The van der Waals surface area contributed by atoms with E-state index in [1.807, 2.05) is 0 Å². The summed E-state index contributed by atoms with van der Waals surface area (Å²) in [6.45, 7) is -0.289. The van der Waals surface area contributed by atoms with E-state index in [2.05, 4.69) is 10.6 Å². The molecule has 0 saturated heterocycles. The van der Waals surface area contributed by atoms with E-state index in [1.165, 1.54) is 6.07 Å². The average molecular weight is 296 g/mol. The number of hydrogen-bond acceptors (Lipinski definition) is 2. The Morgan fingerprint density at radius 2 is 1.71 bits per heavy atom. The van der Waals surface area contributed by atoms with E-state index < -0.39 is 23.2 Å². The molecule has 114 valence electrons. The van der Waals surface area contributed by atoms with E-state index in [-0.39, 0.29) is 18.4 Å². The van der Waals surface area contributed by atoms with Gasteiger partial charge in [0.25, 0.3) is 0 Å². The summed E-state index contributed by atoms with van der Waals surface area (Å²) in [5.41, 5.74) is -0.491. The minimum absolute atomic E-state index is 0.0586. The van der Waals surface area contributed by atoms with Gasteiger partial charge in [-0.1, -0.05) is 25.3 Å². The van der Waals surface area contributed by atoms with Crippen molar-refractivity contribution >= 4 is 17.5 Å². The molecule has 0 unspecified atom stereocenters. The van der Waals surface area contributed by atoms with E-state index >= 15 is 0 Å². The Balaban J connectivity index is 1.83. The van der Waals surface area contributed by atoms with Crippen LogP contribution in [-0.2, 0) is 9.59 Å². The SMILES string of the molecule is O=C(CNC(=O)C1CCCCC1)Nc1c(F)cccc1F. The molecule has 1 aliphatic rings. The molecule has 4 nitrogen and oxygen atoms in total. The van der Waals surface area contributed by atoms with Crippen LogP contribution in [0.5, 0.6) is 0 Å². The zero-order valence-electron chi connectivity index (χ0n) is 11.6. The van der Waals surface area contributed by atoms with Crippen molar-refractivity contribution in [3.63, 3.8) is 0 Å². The summed E-state index contributed by atoms with van der Waals surface area (Å²) < 4.78 is 26.7. The predicted octanol–water partition coefficient (Wildman–Crippen LogP) is 2.60. The van der Waals surface area contributed by atoms with Gasteiger partial charge in [-0.05, 0) is 25.0 Å². The molecule has 1 saturated carbocycles. The molecular weight excluding hydrogens is 278 g/mol. The second-order valence-corrected chi connectivity index (χ2v) is 5.20. The predicted molar refractivity (Wildman–Crippen MR) is 74.6 cm³/mol. The van der Waals surface area contributed by atoms with Crippen molar-refractivity contribution in [2.45, 2.75) is 32.1 Å². The van der Waals surface area contributed by atoms with Crippen LogP contribution < -0.4 is 10.6 Å². The number of para-hydroxylation sites is 1. The molecule has 1 aromatic carbocycles. The lowest BCUT2D eigenvalue weighted by Gasteiger charge is -2.20. The van der Waals surface area contributed by atoms with Crippen LogP contribution in [0.2, 0.25) is 0 Å². The Kier molecular flexibility index (Phi) is 5.25. The van der Waals surface area contributed by atoms with Crippen LogP contribution in [0, 0.1) is 17.6 Å². The Bertz CT molecular complexity index is 508. The number of anilines is 1. The molecule has 21 heavy (non-hydrogen) atoms. The number of hydrogen-bond donors (Lipinski definition) is 2. The normalized spacial score (nSPS) is 15.5. The highest BCUT2D eigenvalue weighted by atomic mass is 19.1. The number of carbonyl (C=O) groups is 2. The minimum Gasteiger partial charge on any atom is -0.347 e. The van der Waals surface area contributed by atoms with Gasteiger partial charge in [-0.2, -0.15) is 0 Å². The lowest BCUT2D eigenvalue weighted by Crippen LogP contribution is -2.37. The van der Waals surface area contributed by atoms with Crippen LogP contribution >= 0.6 is 0 Å². The number of halogens is 2. The van der Waals surface area contributed by atoms with Gasteiger partial charge in [-0.15, -0.1) is 0 Å². The van der Waals surface area contributed by atoms with Gasteiger partial charge in [-0.3, -0.25) is 9.59 Å². The van der Waals surface area contributed by atoms with Crippen molar-refractivity contribution in [2.75, 3.05) is 11.9 Å². The average Bonchev–Trinajstić information content (AvgIpc) is 2.49. The number of rotatable bonds is 4. The van der Waals surface area contributed by atoms with Gasteiger partial charge in [0.2, 0.25) is 11.8 Å². The van der Waals surface area contributed by atoms with Gasteiger partial charge >= 0.3 is 0 Å². The maximum absolute atomic E-state index is 13.4. The van der Waals surface area contributed by atoms with E-state index in [9.17, 15) is 18.4 Å². The molecule has 0 atom stereocenters. The van der Waals surface area contributed by atoms with Crippen molar-refractivity contribution in [2.24, 2.45) is 5.92 Å². The third kappa shape index (κ3) is 4.24. The van der Waals surface area contributed by atoms with Crippen molar-refractivity contribution < 1.29 is 18.4 Å². The number of benzene rings is 1. The third-order valence-electron chi connectivity index (χ3n) is 3.63. The van der Waals surface area contributed by atoms with E-state index in [0.29, 0.717) is 0 Å². The molecule has 0 aliphatic heterocycles. The smallest absolute Gasteiger partial charge is 0.243 e. The molecule has 1 aromatic rings. The highest BCUT2D eigenvalue weighted by Crippen LogP contribution is 2.23. The van der Waals surface area contributed by atoms with Crippen molar-refractivity contribution in [3.05, 3.63) is 29.8 Å². The van der Waals surface area contributed by atoms with Crippen molar-refractivity contribution in [1.29, 1.82) is 0 Å². The maximum atomic E-state index is 13.4. The van der Waals surface area contributed by atoms with Gasteiger partial charge < -0.3 is 10.6 Å². The summed E-state index contributed by atoms with van der Waals surface area (Å²) >= 11 is 0. The molecule has 1 aliphatic carbocycles. The standard InChI is InChI=1S/C15H18F2N2O2/c16-11-7-4-8-12(17)14(11)19-13(20)9-18-15(21)10-5-2-1-3-6-10/h4,7-8,10H,1-3,5-6,9H2,(H,18,21)(H,19,20). The van der Waals surface area contributed by atoms with Gasteiger partial charge in [0.15, 0.2) is 0 Å². The second kappa shape index (κ2) is 7.15. The Morgan fingerprint density at radius 1 is 1.10 bits per heavy atom. The Hall–Kier alpha value is -1.98. The molecule has 0 spiro atoms.